The van der Waals surface area contributed by atoms with Gasteiger partial charge >= 0.3 is 0 Å². The number of nitrogens with one attached hydrogen (secondary N) is 2. The molecule has 0 saturated carbocycles. The Bertz CT molecular complexity index is 915. The van der Waals surface area contributed by atoms with Crippen molar-refractivity contribution >= 4 is 34.1 Å². The SMILES string of the molecule is COc1ccc2[nH]c(CSc3nc4ncncc4[nH]3)nc2n1. The standard InChI is InChI=1S/C13H11N7OS/c1-21-10-3-2-7-12(19-10)18-9(16-7)5-22-13-17-8-4-14-6-15-11(8)20-13/h2-4,6H,5H2,1H3,(H,16,18,19)(H,14,15,17,20). The highest BCUT2D eigenvalue weighted by atomic mass is 32.2. The molecule has 2 N–H and O–H groups in total. The number of thioether (sulfide) groups is 1. The molecule has 0 fully saturated rings. The van der Waals surface area contributed by atoms with E-state index < -0.39 is 0 Å². The van der Waals surface area contributed by atoms with E-state index in [1.807, 2.05) is 6.07 Å². The van der Waals surface area contributed by atoms with E-state index >= 15 is 0 Å². The first-order valence-electron chi connectivity index (χ1n) is 6.50. The Kier molecular flexibility index (Phi) is 3.11. The van der Waals surface area contributed by atoms with Crippen LogP contribution in [0.2, 0.25) is 0 Å². The van der Waals surface area contributed by atoms with E-state index in [1.165, 1.54) is 18.1 Å². The lowest BCUT2D eigenvalue weighted by Crippen LogP contribution is -1.87. The van der Waals surface area contributed by atoms with Gasteiger partial charge < -0.3 is 14.7 Å². The summed E-state index contributed by atoms with van der Waals surface area (Å²) in [7, 11) is 1.59. The lowest BCUT2D eigenvalue weighted by atomic mass is 10.4. The smallest absolute Gasteiger partial charge is 0.215 e. The first kappa shape index (κ1) is 13.0. The maximum Gasteiger partial charge on any atom is 0.215 e. The maximum absolute atomic E-state index is 5.10. The molecular weight excluding hydrogens is 302 g/mol. The topological polar surface area (TPSA) is 105 Å². The van der Waals surface area contributed by atoms with E-state index in [4.69, 9.17) is 4.74 Å². The van der Waals surface area contributed by atoms with Gasteiger partial charge in [-0.25, -0.2) is 19.9 Å². The van der Waals surface area contributed by atoms with E-state index in [-0.39, 0.29) is 0 Å². The van der Waals surface area contributed by atoms with Gasteiger partial charge in [-0.2, -0.15) is 4.98 Å². The van der Waals surface area contributed by atoms with Crippen LogP contribution >= 0.6 is 11.8 Å². The molecule has 0 saturated heterocycles. The number of ether oxygens (including phenoxy) is 1. The first-order chi connectivity index (χ1) is 10.8. The van der Waals surface area contributed by atoms with Crippen LogP contribution in [-0.2, 0) is 5.75 Å². The molecular formula is C13H11N7OS. The van der Waals surface area contributed by atoms with Gasteiger partial charge in [-0.05, 0) is 6.07 Å². The van der Waals surface area contributed by atoms with Crippen molar-refractivity contribution in [2.45, 2.75) is 10.9 Å². The summed E-state index contributed by atoms with van der Waals surface area (Å²) >= 11 is 1.54. The highest BCUT2D eigenvalue weighted by molar-refractivity contribution is 7.98. The molecule has 0 radical (unpaired) electrons. The minimum atomic E-state index is 0.550. The van der Waals surface area contributed by atoms with Crippen LogP contribution in [-0.4, -0.2) is 42.0 Å². The number of nitrogens with zero attached hydrogens (tertiary/aromatic N) is 5. The molecule has 9 heteroatoms. The summed E-state index contributed by atoms with van der Waals surface area (Å²) in [4.78, 5) is 27.6. The number of fused-ring (bicyclic) bond motifs is 2. The maximum atomic E-state index is 5.10. The largest absolute Gasteiger partial charge is 0.481 e. The lowest BCUT2D eigenvalue weighted by Gasteiger charge is -1.95. The Hall–Kier alpha value is -2.68. The van der Waals surface area contributed by atoms with Crippen molar-refractivity contribution in [2.75, 3.05) is 7.11 Å². The van der Waals surface area contributed by atoms with Crippen LogP contribution in [0.1, 0.15) is 5.82 Å². The van der Waals surface area contributed by atoms with E-state index in [1.54, 1.807) is 19.4 Å². The zero-order valence-electron chi connectivity index (χ0n) is 11.6. The Labute approximate surface area is 128 Å². The van der Waals surface area contributed by atoms with Crippen LogP contribution in [0.4, 0.5) is 0 Å². The zero-order chi connectivity index (χ0) is 14.9. The third-order valence-electron chi connectivity index (χ3n) is 3.06. The van der Waals surface area contributed by atoms with Crippen molar-refractivity contribution in [2.24, 2.45) is 0 Å². The molecule has 0 aliphatic rings. The molecule has 4 aromatic rings. The van der Waals surface area contributed by atoms with E-state index in [0.29, 0.717) is 22.9 Å². The lowest BCUT2D eigenvalue weighted by molar-refractivity contribution is 0.399. The molecule has 0 aliphatic heterocycles. The van der Waals surface area contributed by atoms with Crippen molar-refractivity contribution in [3.05, 3.63) is 30.5 Å². The highest BCUT2D eigenvalue weighted by Gasteiger charge is 2.08. The Morgan fingerprint density at radius 2 is 2.05 bits per heavy atom. The van der Waals surface area contributed by atoms with Crippen molar-refractivity contribution in [3.63, 3.8) is 0 Å². The van der Waals surface area contributed by atoms with Crippen LogP contribution in [0.25, 0.3) is 22.3 Å². The Morgan fingerprint density at radius 3 is 2.91 bits per heavy atom. The molecule has 0 unspecified atom stereocenters. The number of hydrogen-bond donors (Lipinski definition) is 2. The van der Waals surface area contributed by atoms with Crippen molar-refractivity contribution < 1.29 is 4.74 Å². The van der Waals surface area contributed by atoms with Gasteiger partial charge in [0.15, 0.2) is 16.5 Å². The molecule has 0 bridgehead atoms. The quantitative estimate of drug-likeness (QED) is 0.554. The second-order valence-electron chi connectivity index (χ2n) is 4.50. The molecule has 4 aromatic heterocycles. The van der Waals surface area contributed by atoms with Gasteiger partial charge in [-0.15, -0.1) is 0 Å². The fourth-order valence-electron chi connectivity index (χ4n) is 2.05. The third kappa shape index (κ3) is 2.35. The second kappa shape index (κ2) is 5.26. The number of H-pyrrole nitrogens is 2. The molecule has 8 nitrogen and oxygen atoms in total. The molecule has 0 aromatic carbocycles. The second-order valence-corrected chi connectivity index (χ2v) is 5.46. The summed E-state index contributed by atoms with van der Waals surface area (Å²) in [6, 6.07) is 3.70. The van der Waals surface area contributed by atoms with Gasteiger partial charge in [0.25, 0.3) is 0 Å². The van der Waals surface area contributed by atoms with Crippen LogP contribution in [0, 0.1) is 0 Å². The third-order valence-corrected chi connectivity index (χ3v) is 3.95. The van der Waals surface area contributed by atoms with Crippen molar-refractivity contribution in [1.29, 1.82) is 0 Å². The number of hydrogen-bond acceptors (Lipinski definition) is 7. The number of imidazole rings is 2. The molecule has 0 spiro atoms. The predicted molar refractivity (Wildman–Crippen MR) is 81.7 cm³/mol. The van der Waals surface area contributed by atoms with E-state index in [9.17, 15) is 0 Å². The minimum Gasteiger partial charge on any atom is -0.481 e. The summed E-state index contributed by atoms with van der Waals surface area (Å²) in [5.74, 6) is 2.02. The van der Waals surface area contributed by atoms with E-state index in [0.717, 1.165) is 22.0 Å². The number of methoxy groups -OCH3 is 1. The Morgan fingerprint density at radius 1 is 1.09 bits per heavy atom. The van der Waals surface area contributed by atoms with Crippen LogP contribution < -0.4 is 4.74 Å². The highest BCUT2D eigenvalue weighted by Crippen LogP contribution is 2.22. The average molecular weight is 313 g/mol. The fraction of sp³-hybridized carbons (Fsp3) is 0.154. The fourth-order valence-corrected chi connectivity index (χ4v) is 2.80. The van der Waals surface area contributed by atoms with Crippen LogP contribution in [0.5, 0.6) is 5.88 Å². The molecule has 0 aliphatic carbocycles. The van der Waals surface area contributed by atoms with Gasteiger partial charge in [0.05, 0.1) is 24.6 Å². The number of aromatic nitrogens is 7. The molecule has 110 valence electrons. The Balaban J connectivity index is 1.55. The average Bonchev–Trinajstić information content (AvgIpc) is 3.14. The monoisotopic (exact) mass is 313 g/mol. The first-order valence-corrected chi connectivity index (χ1v) is 7.48. The molecule has 4 rings (SSSR count). The van der Waals surface area contributed by atoms with Crippen LogP contribution in [0.3, 0.4) is 0 Å². The number of pyridine rings is 1. The molecule has 22 heavy (non-hydrogen) atoms. The summed E-state index contributed by atoms with van der Waals surface area (Å²) < 4.78 is 5.10. The van der Waals surface area contributed by atoms with Gasteiger partial charge in [0.1, 0.15) is 17.7 Å². The predicted octanol–water partition coefficient (Wildman–Crippen LogP) is 1.93. The number of rotatable bonds is 4. The van der Waals surface area contributed by atoms with Crippen LogP contribution in [0.15, 0.2) is 29.8 Å². The van der Waals surface area contributed by atoms with Gasteiger partial charge in [-0.1, -0.05) is 11.8 Å². The molecule has 4 heterocycles. The zero-order valence-corrected chi connectivity index (χ0v) is 12.4. The van der Waals surface area contributed by atoms with Gasteiger partial charge in [0.2, 0.25) is 5.88 Å². The van der Waals surface area contributed by atoms with Gasteiger partial charge in [0, 0.05) is 6.07 Å². The van der Waals surface area contributed by atoms with Crippen molar-refractivity contribution in [1.82, 2.24) is 34.9 Å². The molecule has 0 atom stereocenters. The minimum absolute atomic E-state index is 0.550. The van der Waals surface area contributed by atoms with E-state index in [2.05, 4.69) is 34.9 Å². The summed E-state index contributed by atoms with van der Waals surface area (Å²) in [6.07, 6.45) is 3.19. The van der Waals surface area contributed by atoms with Gasteiger partial charge in [-0.3, -0.25) is 0 Å². The summed E-state index contributed by atoms with van der Waals surface area (Å²) in [5.41, 5.74) is 3.01. The van der Waals surface area contributed by atoms with Crippen molar-refractivity contribution in [3.8, 4) is 5.88 Å². The summed E-state index contributed by atoms with van der Waals surface area (Å²) in [5, 5.41) is 0.779. The summed E-state index contributed by atoms with van der Waals surface area (Å²) in [6.45, 7) is 0. The normalized spacial score (nSPS) is 11.3. The number of aromatic amines is 2. The molecule has 0 amide bonds.